The fourth-order valence-electron chi connectivity index (χ4n) is 2.14. The summed E-state index contributed by atoms with van der Waals surface area (Å²) in [6.07, 6.45) is -0.232. The number of ether oxygens (including phenoxy) is 2. The van der Waals surface area contributed by atoms with Crippen molar-refractivity contribution in [1.82, 2.24) is 5.32 Å². The standard InChI is InChI=1S/C16H13BrClNO3/c17-10-5-6-13(18)12(7-10)16(20)19-8-11-9-21-14-3-1-2-4-15(14)22-11/h1-7,11H,8-9H2,(H,19,20)/t11-/m0/s1. The van der Waals surface area contributed by atoms with Crippen LogP contribution in [-0.2, 0) is 0 Å². The first-order chi connectivity index (χ1) is 10.6. The minimum absolute atomic E-state index is 0.232. The van der Waals surface area contributed by atoms with Crippen LogP contribution in [0.5, 0.6) is 11.5 Å². The third kappa shape index (κ3) is 3.36. The van der Waals surface area contributed by atoms with Crippen molar-refractivity contribution in [3.05, 3.63) is 57.5 Å². The molecule has 0 radical (unpaired) electrons. The van der Waals surface area contributed by atoms with Gasteiger partial charge >= 0.3 is 0 Å². The van der Waals surface area contributed by atoms with E-state index in [1.54, 1.807) is 18.2 Å². The summed E-state index contributed by atoms with van der Waals surface area (Å²) in [5.74, 6) is 1.17. The predicted molar refractivity (Wildman–Crippen MR) is 87.8 cm³/mol. The lowest BCUT2D eigenvalue weighted by Crippen LogP contribution is -2.40. The van der Waals surface area contributed by atoms with Gasteiger partial charge in [0.05, 0.1) is 17.1 Å². The maximum absolute atomic E-state index is 12.2. The number of fused-ring (bicyclic) bond motifs is 1. The Hall–Kier alpha value is -1.72. The monoisotopic (exact) mass is 381 g/mol. The van der Waals surface area contributed by atoms with E-state index < -0.39 is 0 Å². The Morgan fingerprint density at radius 2 is 2.05 bits per heavy atom. The Morgan fingerprint density at radius 1 is 1.27 bits per heavy atom. The van der Waals surface area contributed by atoms with Crippen molar-refractivity contribution >= 4 is 33.4 Å². The van der Waals surface area contributed by atoms with E-state index in [9.17, 15) is 4.79 Å². The zero-order valence-electron chi connectivity index (χ0n) is 11.5. The largest absolute Gasteiger partial charge is 0.486 e. The molecular formula is C16H13BrClNO3. The molecule has 22 heavy (non-hydrogen) atoms. The highest BCUT2D eigenvalue weighted by Crippen LogP contribution is 2.30. The molecule has 0 bridgehead atoms. The van der Waals surface area contributed by atoms with Crippen LogP contribution in [0.4, 0.5) is 0 Å². The van der Waals surface area contributed by atoms with Gasteiger partial charge in [-0.25, -0.2) is 0 Å². The molecule has 3 rings (SSSR count). The summed E-state index contributed by atoms with van der Waals surface area (Å²) in [7, 11) is 0. The number of nitrogens with one attached hydrogen (secondary N) is 1. The van der Waals surface area contributed by atoms with Gasteiger partial charge in [0.15, 0.2) is 11.5 Å². The van der Waals surface area contributed by atoms with Crippen molar-refractivity contribution in [3.63, 3.8) is 0 Å². The van der Waals surface area contributed by atoms with Gasteiger partial charge in [-0.3, -0.25) is 4.79 Å². The second kappa shape index (κ2) is 6.58. The molecule has 2 aromatic rings. The van der Waals surface area contributed by atoms with E-state index in [0.717, 1.165) is 10.2 Å². The van der Waals surface area contributed by atoms with Gasteiger partial charge in [0.2, 0.25) is 0 Å². The first-order valence-electron chi connectivity index (χ1n) is 6.75. The van der Waals surface area contributed by atoms with Crippen LogP contribution in [0.3, 0.4) is 0 Å². The van der Waals surface area contributed by atoms with Gasteiger partial charge in [0.25, 0.3) is 5.91 Å². The number of halogens is 2. The number of hydrogen-bond donors (Lipinski definition) is 1. The van der Waals surface area contributed by atoms with E-state index in [-0.39, 0.29) is 12.0 Å². The smallest absolute Gasteiger partial charge is 0.252 e. The van der Waals surface area contributed by atoms with Crippen molar-refractivity contribution in [2.45, 2.75) is 6.10 Å². The number of benzene rings is 2. The normalized spacial score (nSPS) is 16.2. The van der Waals surface area contributed by atoms with Crippen LogP contribution in [0.2, 0.25) is 5.02 Å². The molecule has 0 fully saturated rings. The average molecular weight is 383 g/mol. The van der Waals surface area contributed by atoms with Crippen LogP contribution in [0.1, 0.15) is 10.4 Å². The SMILES string of the molecule is O=C(NC[C@H]1COc2ccccc2O1)c1cc(Br)ccc1Cl. The molecule has 6 heteroatoms. The Morgan fingerprint density at radius 3 is 2.86 bits per heavy atom. The predicted octanol–water partition coefficient (Wildman–Crippen LogP) is 3.67. The lowest BCUT2D eigenvalue weighted by atomic mass is 10.2. The fraction of sp³-hybridized carbons (Fsp3) is 0.188. The first-order valence-corrected chi connectivity index (χ1v) is 7.92. The van der Waals surface area contributed by atoms with Gasteiger partial charge in [-0.15, -0.1) is 0 Å². The van der Waals surface area contributed by atoms with Crippen molar-refractivity contribution < 1.29 is 14.3 Å². The van der Waals surface area contributed by atoms with Gasteiger partial charge in [-0.2, -0.15) is 0 Å². The van der Waals surface area contributed by atoms with E-state index >= 15 is 0 Å². The van der Waals surface area contributed by atoms with Crippen LogP contribution in [0.25, 0.3) is 0 Å². The lowest BCUT2D eigenvalue weighted by molar-refractivity contribution is 0.0789. The van der Waals surface area contributed by atoms with Crippen LogP contribution in [-0.4, -0.2) is 25.2 Å². The molecule has 0 aliphatic carbocycles. The molecule has 1 amide bonds. The maximum Gasteiger partial charge on any atom is 0.252 e. The van der Waals surface area contributed by atoms with Crippen molar-refractivity contribution in [1.29, 1.82) is 0 Å². The lowest BCUT2D eigenvalue weighted by Gasteiger charge is -2.26. The molecule has 1 atom stereocenters. The van der Waals surface area contributed by atoms with Crippen LogP contribution in [0.15, 0.2) is 46.9 Å². The van der Waals surface area contributed by atoms with Gasteiger partial charge in [-0.05, 0) is 30.3 Å². The highest BCUT2D eigenvalue weighted by atomic mass is 79.9. The molecule has 0 saturated heterocycles. The number of rotatable bonds is 3. The highest BCUT2D eigenvalue weighted by Gasteiger charge is 2.21. The molecule has 1 heterocycles. The third-order valence-corrected chi connectivity index (χ3v) is 4.05. The summed E-state index contributed by atoms with van der Waals surface area (Å²) in [5.41, 5.74) is 0.424. The van der Waals surface area contributed by atoms with Gasteiger partial charge in [0.1, 0.15) is 12.7 Å². The molecule has 114 valence electrons. The summed E-state index contributed by atoms with van der Waals surface area (Å²) < 4.78 is 12.2. The molecule has 1 aliphatic rings. The highest BCUT2D eigenvalue weighted by molar-refractivity contribution is 9.10. The summed E-state index contributed by atoms with van der Waals surface area (Å²) in [5, 5.41) is 3.23. The number of amides is 1. The molecule has 0 saturated carbocycles. The number of carbonyl (C=O) groups is 1. The molecule has 2 aromatic carbocycles. The molecule has 0 aromatic heterocycles. The van der Waals surface area contributed by atoms with E-state index in [0.29, 0.717) is 29.5 Å². The van der Waals surface area contributed by atoms with Gasteiger partial charge in [-0.1, -0.05) is 39.7 Å². The molecule has 1 aliphatic heterocycles. The summed E-state index contributed by atoms with van der Waals surface area (Å²) >= 11 is 9.37. The molecular weight excluding hydrogens is 370 g/mol. The maximum atomic E-state index is 12.2. The van der Waals surface area contributed by atoms with E-state index in [4.69, 9.17) is 21.1 Å². The van der Waals surface area contributed by atoms with Crippen molar-refractivity contribution in [3.8, 4) is 11.5 Å². The van der Waals surface area contributed by atoms with Crippen LogP contribution in [0, 0.1) is 0 Å². The molecule has 1 N–H and O–H groups in total. The van der Waals surface area contributed by atoms with Crippen LogP contribution < -0.4 is 14.8 Å². The van der Waals surface area contributed by atoms with Crippen LogP contribution >= 0.6 is 27.5 Å². The third-order valence-electron chi connectivity index (χ3n) is 3.23. The second-order valence-electron chi connectivity index (χ2n) is 4.83. The average Bonchev–Trinajstić information content (AvgIpc) is 2.54. The number of carbonyl (C=O) groups excluding carboxylic acids is 1. The summed E-state index contributed by atoms with van der Waals surface area (Å²) in [6.45, 7) is 0.736. The molecule has 0 unspecified atom stereocenters. The Labute approximate surface area is 141 Å². The van der Waals surface area contributed by atoms with E-state index in [2.05, 4.69) is 21.2 Å². The second-order valence-corrected chi connectivity index (χ2v) is 6.15. The zero-order chi connectivity index (χ0) is 15.5. The minimum Gasteiger partial charge on any atom is -0.486 e. The Balaban J connectivity index is 1.61. The zero-order valence-corrected chi connectivity index (χ0v) is 13.9. The summed E-state index contributed by atoms with van der Waals surface area (Å²) in [6, 6.07) is 12.6. The number of hydrogen-bond acceptors (Lipinski definition) is 3. The van der Waals surface area contributed by atoms with Gasteiger partial charge in [0, 0.05) is 4.47 Å². The number of para-hydroxylation sites is 2. The quantitative estimate of drug-likeness (QED) is 0.881. The minimum atomic E-state index is -0.242. The molecule has 4 nitrogen and oxygen atoms in total. The Bertz CT molecular complexity index is 708. The fourth-order valence-corrected chi connectivity index (χ4v) is 2.70. The molecule has 0 spiro atoms. The first kappa shape index (κ1) is 15.2. The van der Waals surface area contributed by atoms with E-state index in [1.807, 2.05) is 24.3 Å². The van der Waals surface area contributed by atoms with Crippen molar-refractivity contribution in [2.24, 2.45) is 0 Å². The van der Waals surface area contributed by atoms with Crippen molar-refractivity contribution in [2.75, 3.05) is 13.2 Å². The Kier molecular flexibility index (Phi) is 4.55. The van der Waals surface area contributed by atoms with E-state index in [1.165, 1.54) is 0 Å². The topological polar surface area (TPSA) is 47.6 Å². The summed E-state index contributed by atoms with van der Waals surface area (Å²) in [4.78, 5) is 12.2. The van der Waals surface area contributed by atoms with Gasteiger partial charge < -0.3 is 14.8 Å².